The van der Waals surface area contributed by atoms with Gasteiger partial charge in [0.15, 0.2) is 5.69 Å². The van der Waals surface area contributed by atoms with Crippen molar-refractivity contribution < 1.29 is 9.53 Å². The van der Waals surface area contributed by atoms with Gasteiger partial charge in [0.1, 0.15) is 0 Å². The molecule has 4 aromatic rings. The van der Waals surface area contributed by atoms with E-state index in [2.05, 4.69) is 15.0 Å². The van der Waals surface area contributed by atoms with Crippen LogP contribution in [0.3, 0.4) is 0 Å². The number of nitrogens with zero attached hydrogens (tertiary/aromatic N) is 1. The van der Waals surface area contributed by atoms with Crippen LogP contribution in [-0.2, 0) is 4.74 Å². The summed E-state index contributed by atoms with van der Waals surface area (Å²) in [4.78, 5) is 34.5. The van der Waals surface area contributed by atoms with Crippen molar-refractivity contribution >= 4 is 33.6 Å². The Morgan fingerprint density at radius 2 is 1.92 bits per heavy atom. The lowest BCUT2D eigenvalue weighted by Gasteiger charge is -2.02. The third kappa shape index (κ3) is 2.33. The van der Waals surface area contributed by atoms with Crippen molar-refractivity contribution in [2.24, 2.45) is 0 Å². The van der Waals surface area contributed by atoms with E-state index in [9.17, 15) is 9.59 Å². The summed E-state index contributed by atoms with van der Waals surface area (Å²) in [7, 11) is 1.32. The summed E-state index contributed by atoms with van der Waals surface area (Å²) in [6.07, 6.45) is 0. The number of para-hydroxylation sites is 2. The molecule has 0 amide bonds. The first-order chi connectivity index (χ1) is 12.1. The van der Waals surface area contributed by atoms with Crippen LogP contribution < -0.4 is 11.3 Å². The number of nitrogen functional groups attached to an aromatic ring is 1. The quantitative estimate of drug-likeness (QED) is 0.487. The molecule has 2 aromatic heterocycles. The first-order valence-corrected chi connectivity index (χ1v) is 7.57. The Morgan fingerprint density at radius 3 is 2.72 bits per heavy atom. The van der Waals surface area contributed by atoms with Crippen LogP contribution in [0, 0.1) is 0 Å². The Morgan fingerprint density at radius 1 is 1.12 bits per heavy atom. The van der Waals surface area contributed by atoms with E-state index in [1.165, 1.54) is 7.11 Å². The molecule has 0 radical (unpaired) electrons. The number of hydrogen-bond acceptors (Lipinski definition) is 5. The van der Waals surface area contributed by atoms with E-state index in [-0.39, 0.29) is 11.3 Å². The van der Waals surface area contributed by atoms with Crippen molar-refractivity contribution in [2.75, 3.05) is 12.8 Å². The molecule has 25 heavy (non-hydrogen) atoms. The average Bonchev–Trinajstić information content (AvgIpc) is 2.96. The van der Waals surface area contributed by atoms with Gasteiger partial charge >= 0.3 is 5.97 Å². The molecule has 2 heterocycles. The number of ether oxygens (including phenoxy) is 1. The van der Waals surface area contributed by atoms with E-state index in [1.807, 2.05) is 18.2 Å². The minimum Gasteiger partial charge on any atom is -0.465 e. The Hall–Kier alpha value is -3.61. The standard InChI is InChI=1S/C18H14N4O3/c1-25-18(24)9-6-7-11-10(8-9)14(19)15(20-11)16-17(23)22-13-5-3-2-4-12(13)21-16/h2-8,20H,19H2,1H3,(H,22,23). The number of anilines is 1. The first-order valence-electron chi connectivity index (χ1n) is 7.57. The molecule has 7 heteroatoms. The van der Waals surface area contributed by atoms with E-state index >= 15 is 0 Å². The monoisotopic (exact) mass is 334 g/mol. The molecule has 0 atom stereocenters. The van der Waals surface area contributed by atoms with Gasteiger partial charge in [0, 0.05) is 10.9 Å². The van der Waals surface area contributed by atoms with Crippen LogP contribution in [0.25, 0.3) is 33.3 Å². The van der Waals surface area contributed by atoms with E-state index < -0.39 is 5.97 Å². The molecule has 0 unspecified atom stereocenters. The Labute approximate surface area is 141 Å². The van der Waals surface area contributed by atoms with Crippen molar-refractivity contribution in [1.29, 1.82) is 0 Å². The van der Waals surface area contributed by atoms with Gasteiger partial charge in [-0.05, 0) is 30.3 Å². The fraction of sp³-hybridized carbons (Fsp3) is 0.0556. The number of nitrogens with one attached hydrogen (secondary N) is 2. The summed E-state index contributed by atoms with van der Waals surface area (Å²) in [5.74, 6) is -0.453. The molecule has 4 N–H and O–H groups in total. The van der Waals surface area contributed by atoms with Crippen LogP contribution in [0.15, 0.2) is 47.3 Å². The summed E-state index contributed by atoms with van der Waals surface area (Å²) in [5.41, 5.74) is 9.25. The maximum Gasteiger partial charge on any atom is 0.337 e. The van der Waals surface area contributed by atoms with Gasteiger partial charge in [0.25, 0.3) is 5.56 Å². The maximum atomic E-state index is 12.4. The minimum absolute atomic E-state index is 0.201. The van der Waals surface area contributed by atoms with Crippen LogP contribution in [0.1, 0.15) is 10.4 Å². The van der Waals surface area contributed by atoms with Crippen LogP contribution in [0.5, 0.6) is 0 Å². The number of carbonyl (C=O) groups excluding carboxylic acids is 1. The number of hydrogen-bond donors (Lipinski definition) is 3. The second-order valence-corrected chi connectivity index (χ2v) is 5.60. The molecule has 0 saturated carbocycles. The van der Waals surface area contributed by atoms with Crippen molar-refractivity contribution in [3.05, 3.63) is 58.4 Å². The van der Waals surface area contributed by atoms with Gasteiger partial charge in [-0.1, -0.05) is 12.1 Å². The molecule has 0 spiro atoms. The number of aromatic nitrogens is 3. The van der Waals surface area contributed by atoms with Crippen LogP contribution in [0.4, 0.5) is 5.69 Å². The molecular weight excluding hydrogens is 320 g/mol. The highest BCUT2D eigenvalue weighted by molar-refractivity contribution is 6.03. The molecule has 0 aliphatic carbocycles. The third-order valence-electron chi connectivity index (χ3n) is 4.10. The van der Waals surface area contributed by atoms with E-state index in [0.29, 0.717) is 38.9 Å². The molecule has 0 fully saturated rings. The largest absolute Gasteiger partial charge is 0.465 e. The van der Waals surface area contributed by atoms with Gasteiger partial charge in [-0.25, -0.2) is 9.78 Å². The first kappa shape index (κ1) is 14.9. The van der Waals surface area contributed by atoms with Gasteiger partial charge in [0.05, 0.1) is 35.1 Å². The predicted molar refractivity (Wildman–Crippen MR) is 95.4 cm³/mol. The smallest absolute Gasteiger partial charge is 0.337 e. The summed E-state index contributed by atoms with van der Waals surface area (Å²) >= 11 is 0. The average molecular weight is 334 g/mol. The van der Waals surface area contributed by atoms with Crippen LogP contribution >= 0.6 is 0 Å². The third-order valence-corrected chi connectivity index (χ3v) is 4.10. The SMILES string of the molecule is COC(=O)c1ccc2[nH]c(-c3nc4ccccc4[nH]c3=O)c(N)c2c1. The number of esters is 1. The van der Waals surface area contributed by atoms with Crippen molar-refractivity contribution in [3.8, 4) is 11.4 Å². The highest BCUT2D eigenvalue weighted by Crippen LogP contribution is 2.31. The number of nitrogens with two attached hydrogens (primary N) is 1. The van der Waals surface area contributed by atoms with E-state index in [4.69, 9.17) is 10.5 Å². The van der Waals surface area contributed by atoms with Gasteiger partial charge in [0.2, 0.25) is 0 Å². The summed E-state index contributed by atoms with van der Waals surface area (Å²) < 4.78 is 4.73. The second kappa shape index (κ2) is 5.48. The lowest BCUT2D eigenvalue weighted by Crippen LogP contribution is -2.12. The second-order valence-electron chi connectivity index (χ2n) is 5.60. The van der Waals surface area contributed by atoms with Gasteiger partial charge in [-0.15, -0.1) is 0 Å². The zero-order valence-corrected chi connectivity index (χ0v) is 13.3. The Bertz CT molecular complexity index is 1190. The summed E-state index contributed by atoms with van der Waals surface area (Å²) in [6.45, 7) is 0. The molecule has 0 aliphatic rings. The Balaban J connectivity index is 1.95. The van der Waals surface area contributed by atoms with Crippen molar-refractivity contribution in [1.82, 2.24) is 15.0 Å². The number of aromatic amines is 2. The molecular formula is C18H14N4O3. The topological polar surface area (TPSA) is 114 Å². The summed E-state index contributed by atoms with van der Waals surface area (Å²) in [6, 6.07) is 12.2. The van der Waals surface area contributed by atoms with Crippen LogP contribution in [-0.4, -0.2) is 28.0 Å². The number of rotatable bonds is 2. The highest BCUT2D eigenvalue weighted by atomic mass is 16.5. The van der Waals surface area contributed by atoms with Gasteiger partial charge in [-0.3, -0.25) is 4.79 Å². The van der Waals surface area contributed by atoms with Crippen LogP contribution in [0.2, 0.25) is 0 Å². The fourth-order valence-corrected chi connectivity index (χ4v) is 2.84. The molecule has 2 aromatic carbocycles. The number of fused-ring (bicyclic) bond motifs is 2. The van der Waals surface area contributed by atoms with Gasteiger partial charge < -0.3 is 20.4 Å². The highest BCUT2D eigenvalue weighted by Gasteiger charge is 2.17. The van der Waals surface area contributed by atoms with E-state index in [1.54, 1.807) is 24.3 Å². The normalized spacial score (nSPS) is 11.1. The molecule has 0 aliphatic heterocycles. The number of carbonyl (C=O) groups is 1. The summed E-state index contributed by atoms with van der Waals surface area (Å²) in [5, 5.41) is 0.632. The fourth-order valence-electron chi connectivity index (χ4n) is 2.84. The zero-order chi connectivity index (χ0) is 17.6. The number of benzene rings is 2. The van der Waals surface area contributed by atoms with Crippen molar-refractivity contribution in [3.63, 3.8) is 0 Å². The zero-order valence-electron chi connectivity index (χ0n) is 13.3. The minimum atomic E-state index is -0.453. The van der Waals surface area contributed by atoms with Gasteiger partial charge in [-0.2, -0.15) is 0 Å². The van der Waals surface area contributed by atoms with E-state index in [0.717, 1.165) is 0 Å². The maximum absolute atomic E-state index is 12.4. The Kier molecular flexibility index (Phi) is 3.28. The van der Waals surface area contributed by atoms with Crippen molar-refractivity contribution in [2.45, 2.75) is 0 Å². The molecule has 7 nitrogen and oxygen atoms in total. The lowest BCUT2D eigenvalue weighted by molar-refractivity contribution is 0.0601. The number of methoxy groups -OCH3 is 1. The molecule has 0 bridgehead atoms. The molecule has 4 rings (SSSR count). The number of H-pyrrole nitrogens is 2. The predicted octanol–water partition coefficient (Wildman–Crippen LogP) is 2.44. The lowest BCUT2D eigenvalue weighted by atomic mass is 10.1. The molecule has 124 valence electrons. The molecule has 0 saturated heterocycles.